The number of carbonyl (C=O) groups is 1. The standard InChI is InChI=1S/C6H11NO3/c7-5(8)4-2-1-3-6(4,9)10/h4,9-10H,1-3H2,(H2,7,8). The van der Waals surface area contributed by atoms with Gasteiger partial charge in [-0.15, -0.1) is 0 Å². The van der Waals surface area contributed by atoms with Crippen LogP contribution in [-0.4, -0.2) is 21.9 Å². The normalized spacial score (nSPS) is 30.4. The van der Waals surface area contributed by atoms with Crippen LogP contribution in [0.5, 0.6) is 0 Å². The van der Waals surface area contributed by atoms with Crippen LogP contribution in [0.1, 0.15) is 19.3 Å². The minimum absolute atomic E-state index is 0.251. The molecule has 1 saturated carbocycles. The second kappa shape index (κ2) is 2.21. The summed E-state index contributed by atoms with van der Waals surface area (Å²) in [5, 5.41) is 18.2. The van der Waals surface area contributed by atoms with Gasteiger partial charge in [0.25, 0.3) is 0 Å². The molecule has 1 unspecified atom stereocenters. The van der Waals surface area contributed by atoms with Crippen molar-refractivity contribution in [1.82, 2.24) is 0 Å². The molecular weight excluding hydrogens is 134 g/mol. The average molecular weight is 145 g/mol. The van der Waals surface area contributed by atoms with Gasteiger partial charge in [-0.3, -0.25) is 4.79 Å². The van der Waals surface area contributed by atoms with Crippen LogP contribution in [0.4, 0.5) is 0 Å². The first-order valence-electron chi connectivity index (χ1n) is 3.28. The van der Waals surface area contributed by atoms with Crippen LogP contribution in [0.25, 0.3) is 0 Å². The Kier molecular flexibility index (Phi) is 1.66. The highest BCUT2D eigenvalue weighted by Crippen LogP contribution is 2.32. The van der Waals surface area contributed by atoms with E-state index < -0.39 is 17.6 Å². The number of amides is 1. The first-order valence-corrected chi connectivity index (χ1v) is 3.28. The Labute approximate surface area is 58.6 Å². The summed E-state index contributed by atoms with van der Waals surface area (Å²) in [6.07, 6.45) is 1.39. The van der Waals surface area contributed by atoms with Gasteiger partial charge in [0.2, 0.25) is 5.91 Å². The predicted molar refractivity (Wildman–Crippen MR) is 33.7 cm³/mol. The molecule has 4 nitrogen and oxygen atoms in total. The van der Waals surface area contributed by atoms with Crippen molar-refractivity contribution in [1.29, 1.82) is 0 Å². The first-order chi connectivity index (χ1) is 4.54. The number of carbonyl (C=O) groups excluding carboxylic acids is 1. The van der Waals surface area contributed by atoms with Gasteiger partial charge in [-0.05, 0) is 12.8 Å². The summed E-state index contributed by atoms with van der Waals surface area (Å²) >= 11 is 0. The second-order valence-electron chi connectivity index (χ2n) is 2.73. The Balaban J connectivity index is 2.68. The first kappa shape index (κ1) is 7.50. The van der Waals surface area contributed by atoms with Gasteiger partial charge in [0, 0.05) is 6.42 Å². The molecular formula is C6H11NO3. The van der Waals surface area contributed by atoms with Gasteiger partial charge in [-0.1, -0.05) is 0 Å². The van der Waals surface area contributed by atoms with Crippen molar-refractivity contribution >= 4 is 5.91 Å². The molecule has 0 heterocycles. The molecule has 0 aromatic heterocycles. The van der Waals surface area contributed by atoms with Gasteiger partial charge in [0.15, 0.2) is 5.79 Å². The van der Waals surface area contributed by atoms with E-state index in [1.54, 1.807) is 0 Å². The molecule has 0 spiro atoms. The van der Waals surface area contributed by atoms with E-state index in [2.05, 4.69) is 0 Å². The number of hydrogen-bond donors (Lipinski definition) is 3. The van der Waals surface area contributed by atoms with Crippen LogP contribution in [0.15, 0.2) is 0 Å². The van der Waals surface area contributed by atoms with Crippen molar-refractivity contribution in [2.45, 2.75) is 25.0 Å². The molecule has 58 valence electrons. The van der Waals surface area contributed by atoms with Crippen molar-refractivity contribution in [2.75, 3.05) is 0 Å². The van der Waals surface area contributed by atoms with Crippen LogP contribution >= 0.6 is 0 Å². The minimum atomic E-state index is -1.84. The summed E-state index contributed by atoms with van der Waals surface area (Å²) in [6, 6.07) is 0. The highest BCUT2D eigenvalue weighted by atomic mass is 16.5. The third-order valence-corrected chi connectivity index (χ3v) is 1.94. The molecule has 4 heteroatoms. The molecule has 1 atom stereocenters. The highest BCUT2D eigenvalue weighted by Gasteiger charge is 2.42. The zero-order chi connectivity index (χ0) is 7.78. The monoisotopic (exact) mass is 145 g/mol. The van der Waals surface area contributed by atoms with Gasteiger partial charge in [-0.2, -0.15) is 0 Å². The molecule has 10 heavy (non-hydrogen) atoms. The lowest BCUT2D eigenvalue weighted by molar-refractivity contribution is -0.187. The van der Waals surface area contributed by atoms with E-state index in [0.29, 0.717) is 12.8 Å². The van der Waals surface area contributed by atoms with Crippen LogP contribution < -0.4 is 5.73 Å². The molecule has 1 fully saturated rings. The fourth-order valence-electron chi connectivity index (χ4n) is 1.34. The van der Waals surface area contributed by atoms with Gasteiger partial charge in [0.1, 0.15) is 0 Å². The molecule has 0 bridgehead atoms. The average Bonchev–Trinajstić information content (AvgIpc) is 2.08. The van der Waals surface area contributed by atoms with Gasteiger partial charge in [0.05, 0.1) is 5.92 Å². The molecule has 1 aliphatic rings. The largest absolute Gasteiger partial charge is 0.369 e. The van der Waals surface area contributed by atoms with Crippen LogP contribution in [0.2, 0.25) is 0 Å². The molecule has 0 aromatic carbocycles. The van der Waals surface area contributed by atoms with Gasteiger partial charge in [-0.25, -0.2) is 0 Å². The van der Waals surface area contributed by atoms with Crippen LogP contribution in [0, 0.1) is 5.92 Å². The maximum Gasteiger partial charge on any atom is 0.225 e. The Hall–Kier alpha value is -0.610. The van der Waals surface area contributed by atoms with Crippen LogP contribution in [0.3, 0.4) is 0 Å². The van der Waals surface area contributed by atoms with Gasteiger partial charge < -0.3 is 15.9 Å². The second-order valence-corrected chi connectivity index (χ2v) is 2.73. The van der Waals surface area contributed by atoms with E-state index in [4.69, 9.17) is 15.9 Å². The maximum absolute atomic E-state index is 10.5. The van der Waals surface area contributed by atoms with Crippen molar-refractivity contribution in [3.8, 4) is 0 Å². The molecule has 0 aromatic rings. The highest BCUT2D eigenvalue weighted by molar-refractivity contribution is 5.77. The van der Waals surface area contributed by atoms with E-state index in [1.807, 2.05) is 0 Å². The molecule has 0 saturated heterocycles. The summed E-state index contributed by atoms with van der Waals surface area (Å²) in [5.41, 5.74) is 4.91. The minimum Gasteiger partial charge on any atom is -0.369 e. The number of rotatable bonds is 1. The van der Waals surface area contributed by atoms with E-state index in [9.17, 15) is 4.79 Å². The van der Waals surface area contributed by atoms with Gasteiger partial charge >= 0.3 is 0 Å². The third-order valence-electron chi connectivity index (χ3n) is 1.94. The maximum atomic E-state index is 10.5. The quantitative estimate of drug-likeness (QED) is 0.412. The Morgan fingerprint density at radius 3 is 2.40 bits per heavy atom. The van der Waals surface area contributed by atoms with Crippen molar-refractivity contribution in [3.05, 3.63) is 0 Å². The summed E-state index contributed by atoms with van der Waals surface area (Å²) in [6.45, 7) is 0. The Bertz CT molecular complexity index is 155. The van der Waals surface area contributed by atoms with E-state index >= 15 is 0 Å². The van der Waals surface area contributed by atoms with Crippen molar-refractivity contribution in [2.24, 2.45) is 11.7 Å². The summed E-state index contributed by atoms with van der Waals surface area (Å²) in [5.74, 6) is -3.23. The lowest BCUT2D eigenvalue weighted by Crippen LogP contribution is -2.40. The lowest BCUT2D eigenvalue weighted by atomic mass is 10.0. The predicted octanol–water partition coefficient (Wildman–Crippen LogP) is -1.05. The SMILES string of the molecule is NC(=O)C1CCCC1(O)O. The number of hydrogen-bond acceptors (Lipinski definition) is 3. The third kappa shape index (κ3) is 1.12. The van der Waals surface area contributed by atoms with Crippen LogP contribution in [-0.2, 0) is 4.79 Å². The zero-order valence-electron chi connectivity index (χ0n) is 5.58. The molecule has 1 aliphatic carbocycles. The Morgan fingerprint density at radius 1 is 1.60 bits per heavy atom. The van der Waals surface area contributed by atoms with Crippen molar-refractivity contribution in [3.63, 3.8) is 0 Å². The molecule has 1 rings (SSSR count). The number of nitrogens with two attached hydrogens (primary N) is 1. The smallest absolute Gasteiger partial charge is 0.225 e. The molecule has 1 amide bonds. The Morgan fingerprint density at radius 2 is 2.20 bits per heavy atom. The van der Waals surface area contributed by atoms with Crippen molar-refractivity contribution < 1.29 is 15.0 Å². The molecule has 4 N–H and O–H groups in total. The van der Waals surface area contributed by atoms with E-state index in [1.165, 1.54) is 0 Å². The summed E-state index contributed by atoms with van der Waals surface area (Å²) < 4.78 is 0. The zero-order valence-corrected chi connectivity index (χ0v) is 5.58. The number of aliphatic hydroxyl groups is 2. The summed E-state index contributed by atoms with van der Waals surface area (Å²) in [7, 11) is 0. The lowest BCUT2D eigenvalue weighted by Gasteiger charge is -2.20. The summed E-state index contributed by atoms with van der Waals surface area (Å²) in [4.78, 5) is 10.5. The van der Waals surface area contributed by atoms with E-state index in [0.717, 1.165) is 0 Å². The molecule has 0 aliphatic heterocycles. The fraction of sp³-hybridized carbons (Fsp3) is 0.833. The molecule has 0 radical (unpaired) electrons. The fourth-order valence-corrected chi connectivity index (χ4v) is 1.34. The van der Waals surface area contributed by atoms with E-state index in [-0.39, 0.29) is 6.42 Å². The topological polar surface area (TPSA) is 83.6 Å². The number of primary amides is 1.